The third-order valence-corrected chi connectivity index (χ3v) is 7.09. The summed E-state index contributed by atoms with van der Waals surface area (Å²) in [6.45, 7) is 0. The Hall–Kier alpha value is -4.22. The Morgan fingerprint density at radius 2 is 1.89 bits per heavy atom. The number of nitrogens with zero attached hydrogens (tertiary/aromatic N) is 2. The highest BCUT2D eigenvalue weighted by Gasteiger charge is 2.21. The van der Waals surface area contributed by atoms with Gasteiger partial charge in [-0.1, -0.05) is 35.0 Å². The summed E-state index contributed by atoms with van der Waals surface area (Å²) in [6.07, 6.45) is 1.22. The van der Waals surface area contributed by atoms with Crippen LogP contribution in [-0.4, -0.2) is 30.9 Å². The van der Waals surface area contributed by atoms with E-state index in [-0.39, 0.29) is 16.1 Å². The zero-order chi connectivity index (χ0) is 25.4. The first-order valence-electron chi connectivity index (χ1n) is 10.4. The van der Waals surface area contributed by atoms with Gasteiger partial charge in [-0.2, -0.15) is 5.10 Å². The van der Waals surface area contributed by atoms with Gasteiger partial charge in [-0.25, -0.2) is 17.9 Å². The SMILES string of the molecule is COc1cc(-c2cccc(F)c2)c(Cl)cc1-c1n[nH]c(=O)c2cc(S(=O)(=O)Nc3ccon3)ccc12. The minimum absolute atomic E-state index is 0.00260. The third kappa shape index (κ3) is 4.30. The van der Waals surface area contributed by atoms with Gasteiger partial charge in [0.1, 0.15) is 23.5 Å². The first-order chi connectivity index (χ1) is 17.3. The van der Waals surface area contributed by atoms with Gasteiger partial charge in [-0.05, 0) is 42.0 Å². The number of benzene rings is 3. The zero-order valence-corrected chi connectivity index (χ0v) is 20.0. The van der Waals surface area contributed by atoms with Crippen molar-refractivity contribution in [3.63, 3.8) is 0 Å². The predicted octanol–water partition coefficient (Wildman–Crippen LogP) is 4.85. The molecule has 5 rings (SSSR count). The predicted molar refractivity (Wildman–Crippen MR) is 132 cm³/mol. The minimum Gasteiger partial charge on any atom is -0.496 e. The highest BCUT2D eigenvalue weighted by Crippen LogP contribution is 2.40. The number of hydrogen-bond donors (Lipinski definition) is 2. The number of rotatable bonds is 6. The van der Waals surface area contributed by atoms with Crippen molar-refractivity contribution in [2.45, 2.75) is 4.90 Å². The van der Waals surface area contributed by atoms with E-state index in [0.717, 1.165) is 0 Å². The molecule has 0 saturated carbocycles. The lowest BCUT2D eigenvalue weighted by Crippen LogP contribution is -2.15. The van der Waals surface area contributed by atoms with Crippen molar-refractivity contribution >= 4 is 38.2 Å². The van der Waals surface area contributed by atoms with Crippen molar-refractivity contribution in [2.75, 3.05) is 11.8 Å². The largest absolute Gasteiger partial charge is 0.496 e. The van der Waals surface area contributed by atoms with Crippen molar-refractivity contribution < 1.29 is 22.1 Å². The Morgan fingerprint density at radius 1 is 1.06 bits per heavy atom. The quantitative estimate of drug-likeness (QED) is 0.324. The van der Waals surface area contributed by atoms with Gasteiger partial charge in [0, 0.05) is 27.6 Å². The van der Waals surface area contributed by atoms with Crippen LogP contribution in [0.25, 0.3) is 33.2 Å². The maximum Gasteiger partial charge on any atom is 0.272 e. The van der Waals surface area contributed by atoms with Crippen LogP contribution in [0.2, 0.25) is 5.02 Å². The Balaban J connectivity index is 1.64. The lowest BCUT2D eigenvalue weighted by atomic mass is 9.99. The number of fused-ring (bicyclic) bond motifs is 1. The molecule has 0 fully saturated rings. The van der Waals surface area contributed by atoms with Crippen LogP contribution in [0.15, 0.2) is 81.1 Å². The maximum absolute atomic E-state index is 13.8. The van der Waals surface area contributed by atoms with Crippen molar-refractivity contribution in [3.8, 4) is 28.1 Å². The summed E-state index contributed by atoms with van der Waals surface area (Å²) >= 11 is 6.55. The lowest BCUT2D eigenvalue weighted by Gasteiger charge is -2.14. The molecule has 0 radical (unpaired) electrons. The van der Waals surface area contributed by atoms with Gasteiger partial charge in [0.05, 0.1) is 17.4 Å². The van der Waals surface area contributed by atoms with E-state index in [9.17, 15) is 17.6 Å². The van der Waals surface area contributed by atoms with Crippen LogP contribution in [0.4, 0.5) is 10.2 Å². The maximum atomic E-state index is 13.8. The summed E-state index contributed by atoms with van der Waals surface area (Å²) in [7, 11) is -2.60. The first-order valence-corrected chi connectivity index (χ1v) is 12.2. The van der Waals surface area contributed by atoms with E-state index < -0.39 is 21.4 Å². The van der Waals surface area contributed by atoms with E-state index in [2.05, 4.69) is 24.6 Å². The molecule has 0 spiro atoms. The summed E-state index contributed by atoms with van der Waals surface area (Å²) in [6, 6.07) is 14.6. The molecule has 0 atom stereocenters. The van der Waals surface area contributed by atoms with Crippen molar-refractivity contribution in [3.05, 3.63) is 88.1 Å². The summed E-state index contributed by atoms with van der Waals surface area (Å²) in [4.78, 5) is 12.4. The number of hydrogen-bond acceptors (Lipinski definition) is 7. The highest BCUT2D eigenvalue weighted by atomic mass is 35.5. The fourth-order valence-electron chi connectivity index (χ4n) is 3.76. The fourth-order valence-corrected chi connectivity index (χ4v) is 5.06. The number of aromatic amines is 1. The second-order valence-corrected chi connectivity index (χ2v) is 9.73. The molecule has 0 amide bonds. The van der Waals surface area contributed by atoms with Crippen molar-refractivity contribution in [1.29, 1.82) is 0 Å². The number of H-pyrrole nitrogens is 1. The molecule has 36 heavy (non-hydrogen) atoms. The highest BCUT2D eigenvalue weighted by molar-refractivity contribution is 7.92. The normalized spacial score (nSPS) is 11.5. The van der Waals surface area contributed by atoms with E-state index in [4.69, 9.17) is 16.3 Å². The van der Waals surface area contributed by atoms with Crippen LogP contribution in [-0.2, 0) is 10.0 Å². The van der Waals surface area contributed by atoms with Gasteiger partial charge >= 0.3 is 0 Å². The molecule has 3 aromatic carbocycles. The number of methoxy groups -OCH3 is 1. The topological polar surface area (TPSA) is 127 Å². The van der Waals surface area contributed by atoms with E-state index in [1.54, 1.807) is 24.3 Å². The van der Waals surface area contributed by atoms with Crippen molar-refractivity contribution in [2.24, 2.45) is 0 Å². The Bertz CT molecular complexity index is 1770. The average Bonchev–Trinajstić information content (AvgIpc) is 3.36. The number of aromatic nitrogens is 3. The first kappa shape index (κ1) is 23.5. The summed E-state index contributed by atoms with van der Waals surface area (Å²) < 4.78 is 51.8. The van der Waals surface area contributed by atoms with Crippen LogP contribution in [0.5, 0.6) is 5.75 Å². The molecule has 5 aromatic rings. The fraction of sp³-hybridized carbons (Fsp3) is 0.0417. The lowest BCUT2D eigenvalue weighted by molar-refractivity contribution is 0.416. The molecule has 0 aliphatic rings. The molecule has 2 N–H and O–H groups in total. The second kappa shape index (κ2) is 9.10. The molecule has 9 nitrogen and oxygen atoms in total. The molecule has 2 heterocycles. The summed E-state index contributed by atoms with van der Waals surface area (Å²) in [5.74, 6) is -0.0511. The summed E-state index contributed by atoms with van der Waals surface area (Å²) in [5.41, 5.74) is 1.26. The Kier molecular flexibility index (Phi) is 5.94. The molecule has 0 unspecified atom stereocenters. The monoisotopic (exact) mass is 526 g/mol. The smallest absolute Gasteiger partial charge is 0.272 e. The number of ether oxygens (including phenoxy) is 1. The molecule has 0 bridgehead atoms. The number of halogens is 2. The Labute approximate surface area is 208 Å². The van der Waals surface area contributed by atoms with Gasteiger partial charge in [0.15, 0.2) is 5.82 Å². The molecule has 0 aliphatic heterocycles. The van der Waals surface area contributed by atoms with Gasteiger partial charge in [0.2, 0.25) is 0 Å². The standard InChI is InChI=1S/C24H16ClFN4O5S/c1-34-21-12-17(13-3-2-4-14(26)9-13)20(25)11-19(21)23-16-6-5-15(10-18(16)24(31)28-27-23)36(32,33)30-22-7-8-35-29-22/h2-12H,1H3,(H,28,31)(H,29,30). The van der Waals surface area contributed by atoms with Gasteiger partial charge < -0.3 is 9.26 Å². The third-order valence-electron chi connectivity index (χ3n) is 5.43. The van der Waals surface area contributed by atoms with E-state index in [1.807, 2.05) is 0 Å². The van der Waals surface area contributed by atoms with Gasteiger partial charge in [-0.3, -0.25) is 9.52 Å². The summed E-state index contributed by atoms with van der Waals surface area (Å²) in [5, 5.41) is 10.8. The number of anilines is 1. The van der Waals surface area contributed by atoms with Crippen LogP contribution < -0.4 is 15.0 Å². The van der Waals surface area contributed by atoms with Crippen LogP contribution in [0.1, 0.15) is 0 Å². The molecule has 12 heteroatoms. The Morgan fingerprint density at radius 3 is 2.61 bits per heavy atom. The molecule has 0 aliphatic carbocycles. The molecule has 182 valence electrons. The molecular weight excluding hydrogens is 511 g/mol. The second-order valence-electron chi connectivity index (χ2n) is 7.64. The van der Waals surface area contributed by atoms with Crippen LogP contribution in [0.3, 0.4) is 0 Å². The minimum atomic E-state index is -4.05. The van der Waals surface area contributed by atoms with E-state index in [1.165, 1.54) is 49.8 Å². The zero-order valence-electron chi connectivity index (χ0n) is 18.5. The molecule has 2 aromatic heterocycles. The molecular formula is C24H16ClFN4O5S. The number of sulfonamides is 1. The van der Waals surface area contributed by atoms with E-state index in [0.29, 0.717) is 38.5 Å². The van der Waals surface area contributed by atoms with Crippen LogP contribution in [0, 0.1) is 5.82 Å². The average molecular weight is 527 g/mol. The van der Waals surface area contributed by atoms with Crippen LogP contribution >= 0.6 is 11.6 Å². The number of nitrogens with one attached hydrogen (secondary N) is 2. The van der Waals surface area contributed by atoms with Crippen molar-refractivity contribution in [1.82, 2.24) is 15.4 Å². The van der Waals surface area contributed by atoms with Gasteiger partial charge in [0.25, 0.3) is 15.6 Å². The van der Waals surface area contributed by atoms with E-state index >= 15 is 0 Å². The molecule has 0 saturated heterocycles. The van der Waals surface area contributed by atoms with Gasteiger partial charge in [-0.15, -0.1) is 0 Å².